The maximum atomic E-state index is 3.36. The molecule has 0 amide bonds. The Bertz CT molecular complexity index is 258. The van der Waals surface area contributed by atoms with E-state index < -0.39 is 0 Å². The first-order chi connectivity index (χ1) is 6.75. The lowest BCUT2D eigenvalue weighted by Crippen LogP contribution is -2.14. The van der Waals surface area contributed by atoms with Crippen LogP contribution in [0.4, 0.5) is 0 Å². The number of hydrogen-bond donors (Lipinski definition) is 1. The second-order valence-corrected chi connectivity index (χ2v) is 3.83. The number of rotatable bonds is 5. The Morgan fingerprint density at radius 2 is 1.79 bits per heavy atom. The van der Waals surface area contributed by atoms with Crippen LogP contribution in [0.3, 0.4) is 0 Å². The van der Waals surface area contributed by atoms with Gasteiger partial charge in [-0.05, 0) is 56.5 Å². The van der Waals surface area contributed by atoms with Crippen LogP contribution >= 0.6 is 0 Å². The van der Waals surface area contributed by atoms with Crippen LogP contribution in [0.15, 0.2) is 18.2 Å². The first-order valence-electron chi connectivity index (χ1n) is 5.51. The second-order valence-electron chi connectivity index (χ2n) is 3.83. The Kier molecular flexibility index (Phi) is 4.68. The summed E-state index contributed by atoms with van der Waals surface area (Å²) in [6, 6.07) is 6.55. The van der Waals surface area contributed by atoms with Crippen molar-refractivity contribution >= 4 is 0 Å². The molecule has 1 aromatic carbocycles. The van der Waals surface area contributed by atoms with E-state index in [1.807, 2.05) is 0 Å². The summed E-state index contributed by atoms with van der Waals surface area (Å²) in [6.45, 7) is 8.77. The molecule has 0 aromatic heterocycles. The minimum atomic E-state index is 1.08. The van der Waals surface area contributed by atoms with Crippen molar-refractivity contribution in [2.24, 2.45) is 0 Å². The van der Waals surface area contributed by atoms with E-state index in [1.165, 1.54) is 29.5 Å². The summed E-state index contributed by atoms with van der Waals surface area (Å²) in [6.07, 6.45) is 2.44. The predicted molar refractivity (Wildman–Crippen MR) is 62.8 cm³/mol. The van der Waals surface area contributed by atoms with Gasteiger partial charge in [-0.1, -0.05) is 25.1 Å². The first kappa shape index (κ1) is 11.3. The van der Waals surface area contributed by atoms with Gasteiger partial charge in [-0.2, -0.15) is 0 Å². The van der Waals surface area contributed by atoms with Crippen LogP contribution in [0.1, 0.15) is 30.0 Å². The highest BCUT2D eigenvalue weighted by atomic mass is 14.8. The van der Waals surface area contributed by atoms with Gasteiger partial charge in [0.2, 0.25) is 0 Å². The molecule has 1 heteroatoms. The van der Waals surface area contributed by atoms with E-state index in [9.17, 15) is 0 Å². The fourth-order valence-electron chi connectivity index (χ4n) is 1.81. The average molecular weight is 191 g/mol. The third-order valence-electron chi connectivity index (χ3n) is 2.67. The van der Waals surface area contributed by atoms with Crippen molar-refractivity contribution in [3.63, 3.8) is 0 Å². The Morgan fingerprint density at radius 1 is 1.14 bits per heavy atom. The minimum absolute atomic E-state index is 1.08. The molecule has 0 heterocycles. The highest BCUT2D eigenvalue weighted by Crippen LogP contribution is 2.14. The molecule has 78 valence electrons. The van der Waals surface area contributed by atoms with Crippen molar-refractivity contribution in [2.45, 2.75) is 33.6 Å². The van der Waals surface area contributed by atoms with Crippen LogP contribution < -0.4 is 5.32 Å². The summed E-state index contributed by atoms with van der Waals surface area (Å²) in [7, 11) is 0. The zero-order valence-electron chi connectivity index (χ0n) is 9.56. The van der Waals surface area contributed by atoms with Crippen molar-refractivity contribution in [2.75, 3.05) is 13.1 Å². The highest BCUT2D eigenvalue weighted by molar-refractivity contribution is 5.33. The molecule has 0 bridgehead atoms. The largest absolute Gasteiger partial charge is 0.317 e. The van der Waals surface area contributed by atoms with Crippen molar-refractivity contribution in [3.05, 3.63) is 34.9 Å². The summed E-state index contributed by atoms with van der Waals surface area (Å²) in [5, 5.41) is 3.36. The standard InChI is InChI=1S/C13H21N/c1-4-14-10-6-9-13-11(2)7-5-8-12(13)3/h5,7-8,14H,4,6,9-10H2,1-3H3. The van der Waals surface area contributed by atoms with Gasteiger partial charge in [0.15, 0.2) is 0 Å². The van der Waals surface area contributed by atoms with E-state index in [4.69, 9.17) is 0 Å². The van der Waals surface area contributed by atoms with Crippen LogP contribution in [0.5, 0.6) is 0 Å². The van der Waals surface area contributed by atoms with E-state index in [1.54, 1.807) is 0 Å². The fraction of sp³-hybridized carbons (Fsp3) is 0.538. The van der Waals surface area contributed by atoms with Crippen LogP contribution in [0.25, 0.3) is 0 Å². The number of nitrogens with one attached hydrogen (secondary N) is 1. The quantitative estimate of drug-likeness (QED) is 0.706. The van der Waals surface area contributed by atoms with E-state index >= 15 is 0 Å². The van der Waals surface area contributed by atoms with Crippen molar-refractivity contribution in [1.29, 1.82) is 0 Å². The summed E-state index contributed by atoms with van der Waals surface area (Å²) < 4.78 is 0. The Balaban J connectivity index is 2.49. The van der Waals surface area contributed by atoms with Crippen molar-refractivity contribution in [3.8, 4) is 0 Å². The predicted octanol–water partition coefficient (Wildman–Crippen LogP) is 2.85. The fourth-order valence-corrected chi connectivity index (χ4v) is 1.81. The minimum Gasteiger partial charge on any atom is -0.317 e. The first-order valence-corrected chi connectivity index (χ1v) is 5.51. The van der Waals surface area contributed by atoms with Gasteiger partial charge in [-0.25, -0.2) is 0 Å². The monoisotopic (exact) mass is 191 g/mol. The molecule has 0 fully saturated rings. The molecule has 0 unspecified atom stereocenters. The van der Waals surface area contributed by atoms with E-state index in [2.05, 4.69) is 44.3 Å². The molecular weight excluding hydrogens is 170 g/mol. The van der Waals surface area contributed by atoms with Gasteiger partial charge in [0, 0.05) is 0 Å². The Morgan fingerprint density at radius 3 is 2.36 bits per heavy atom. The molecule has 0 spiro atoms. The zero-order valence-corrected chi connectivity index (χ0v) is 9.56. The van der Waals surface area contributed by atoms with E-state index in [0.717, 1.165) is 13.1 Å². The Hall–Kier alpha value is -0.820. The number of aryl methyl sites for hydroxylation is 2. The van der Waals surface area contributed by atoms with Crippen molar-refractivity contribution < 1.29 is 0 Å². The SMILES string of the molecule is CCNCCCc1c(C)cccc1C. The van der Waals surface area contributed by atoms with Crippen molar-refractivity contribution in [1.82, 2.24) is 5.32 Å². The van der Waals surface area contributed by atoms with Gasteiger partial charge in [0.25, 0.3) is 0 Å². The lowest BCUT2D eigenvalue weighted by Gasteiger charge is -2.09. The molecule has 0 saturated carbocycles. The average Bonchev–Trinajstić information content (AvgIpc) is 2.16. The van der Waals surface area contributed by atoms with Gasteiger partial charge >= 0.3 is 0 Å². The third-order valence-corrected chi connectivity index (χ3v) is 2.67. The molecule has 0 saturated heterocycles. The molecule has 0 aliphatic heterocycles. The summed E-state index contributed by atoms with van der Waals surface area (Å²) in [5.41, 5.74) is 4.40. The summed E-state index contributed by atoms with van der Waals surface area (Å²) in [4.78, 5) is 0. The molecule has 1 aromatic rings. The van der Waals surface area contributed by atoms with Gasteiger partial charge in [-0.3, -0.25) is 0 Å². The van der Waals surface area contributed by atoms with E-state index in [-0.39, 0.29) is 0 Å². The molecule has 1 nitrogen and oxygen atoms in total. The number of hydrogen-bond acceptors (Lipinski definition) is 1. The smallest absolute Gasteiger partial charge is 0.00459 e. The van der Waals surface area contributed by atoms with Crippen LogP contribution in [-0.4, -0.2) is 13.1 Å². The van der Waals surface area contributed by atoms with Crippen LogP contribution in [-0.2, 0) is 6.42 Å². The van der Waals surface area contributed by atoms with Gasteiger partial charge in [0.1, 0.15) is 0 Å². The third kappa shape index (κ3) is 3.15. The van der Waals surface area contributed by atoms with Crippen LogP contribution in [0, 0.1) is 13.8 Å². The topological polar surface area (TPSA) is 12.0 Å². The summed E-state index contributed by atoms with van der Waals surface area (Å²) in [5.74, 6) is 0. The van der Waals surface area contributed by atoms with Gasteiger partial charge in [0.05, 0.1) is 0 Å². The summed E-state index contributed by atoms with van der Waals surface area (Å²) >= 11 is 0. The second kappa shape index (κ2) is 5.82. The molecule has 1 N–H and O–H groups in total. The normalized spacial score (nSPS) is 10.5. The zero-order chi connectivity index (χ0) is 10.4. The molecule has 14 heavy (non-hydrogen) atoms. The molecular formula is C13H21N. The van der Waals surface area contributed by atoms with E-state index in [0.29, 0.717) is 0 Å². The molecule has 0 aliphatic rings. The highest BCUT2D eigenvalue weighted by Gasteiger charge is 2.00. The molecule has 0 atom stereocenters. The van der Waals surface area contributed by atoms with Crippen LogP contribution in [0.2, 0.25) is 0 Å². The molecule has 0 aliphatic carbocycles. The lowest BCUT2D eigenvalue weighted by molar-refractivity contribution is 0.670. The molecule has 0 radical (unpaired) electrons. The van der Waals surface area contributed by atoms with Gasteiger partial charge in [-0.15, -0.1) is 0 Å². The lowest BCUT2D eigenvalue weighted by atomic mass is 9.99. The maximum Gasteiger partial charge on any atom is -0.00459 e. The number of benzene rings is 1. The molecule has 1 rings (SSSR count). The van der Waals surface area contributed by atoms with Gasteiger partial charge < -0.3 is 5.32 Å². The maximum absolute atomic E-state index is 3.36. The Labute approximate surface area is 87.5 Å².